The molecule has 0 spiro atoms. The summed E-state index contributed by atoms with van der Waals surface area (Å²) in [6.07, 6.45) is 1.29. The molecule has 0 aliphatic heterocycles. The second-order valence-electron chi connectivity index (χ2n) is 4.21. The summed E-state index contributed by atoms with van der Waals surface area (Å²) in [6, 6.07) is 5.40. The van der Waals surface area contributed by atoms with Gasteiger partial charge in [-0.1, -0.05) is 13.0 Å². The Morgan fingerprint density at radius 3 is 2.68 bits per heavy atom. The molecule has 1 unspecified atom stereocenters. The fourth-order valence-electron chi connectivity index (χ4n) is 1.91. The molecule has 1 atom stereocenters. The third-order valence-corrected chi connectivity index (χ3v) is 2.98. The van der Waals surface area contributed by atoms with Crippen molar-refractivity contribution in [3.8, 4) is 5.75 Å². The summed E-state index contributed by atoms with van der Waals surface area (Å²) < 4.78 is 10.1. The molecule has 0 fully saturated rings. The van der Waals surface area contributed by atoms with Crippen molar-refractivity contribution in [2.75, 3.05) is 19.2 Å². The Bertz CT molecular complexity index is 420. The van der Waals surface area contributed by atoms with Crippen LogP contribution in [0.2, 0.25) is 0 Å². The summed E-state index contributed by atoms with van der Waals surface area (Å²) in [5.41, 5.74) is 3.52. The van der Waals surface area contributed by atoms with E-state index in [1.807, 2.05) is 13.0 Å². The van der Waals surface area contributed by atoms with Crippen molar-refractivity contribution in [2.24, 2.45) is 5.92 Å². The van der Waals surface area contributed by atoms with Crippen LogP contribution in [0.3, 0.4) is 0 Å². The van der Waals surface area contributed by atoms with Crippen LogP contribution in [0.25, 0.3) is 0 Å². The Balaban J connectivity index is 2.82. The van der Waals surface area contributed by atoms with Crippen LogP contribution in [0.4, 0.5) is 5.69 Å². The van der Waals surface area contributed by atoms with Crippen LogP contribution in [0.1, 0.15) is 25.8 Å². The molecule has 0 bridgehead atoms. The Labute approximate surface area is 113 Å². The van der Waals surface area contributed by atoms with E-state index in [1.165, 1.54) is 7.11 Å². The summed E-state index contributed by atoms with van der Waals surface area (Å²) in [6.45, 7) is 4.14. The first kappa shape index (κ1) is 15.3. The highest BCUT2D eigenvalue weighted by atomic mass is 16.5. The largest absolute Gasteiger partial charge is 0.495 e. The summed E-state index contributed by atoms with van der Waals surface area (Å²) in [4.78, 5) is 11.7. The van der Waals surface area contributed by atoms with Gasteiger partial charge in [-0.05, 0) is 37.5 Å². The normalized spacial score (nSPS) is 11.8. The molecule has 0 heterocycles. The first-order valence-corrected chi connectivity index (χ1v) is 6.39. The zero-order valence-electron chi connectivity index (χ0n) is 11.6. The minimum Gasteiger partial charge on any atom is -0.495 e. The van der Waals surface area contributed by atoms with Crippen molar-refractivity contribution in [1.82, 2.24) is 0 Å². The second kappa shape index (κ2) is 7.63. The summed E-state index contributed by atoms with van der Waals surface area (Å²) >= 11 is 0. The predicted molar refractivity (Wildman–Crippen MR) is 72.5 cm³/mol. The SMILES string of the molecule is CCOC(=O)C(CC)Cc1ccc(OC)c(NO)c1. The Morgan fingerprint density at radius 1 is 1.42 bits per heavy atom. The average molecular weight is 267 g/mol. The van der Waals surface area contributed by atoms with E-state index in [1.54, 1.807) is 19.1 Å². The van der Waals surface area contributed by atoms with E-state index in [0.717, 1.165) is 5.56 Å². The molecular weight excluding hydrogens is 246 g/mol. The van der Waals surface area contributed by atoms with Crippen molar-refractivity contribution in [3.63, 3.8) is 0 Å². The molecule has 0 saturated carbocycles. The number of anilines is 1. The quantitative estimate of drug-likeness (QED) is 0.587. The van der Waals surface area contributed by atoms with Gasteiger partial charge in [-0.25, -0.2) is 0 Å². The fourth-order valence-corrected chi connectivity index (χ4v) is 1.91. The highest BCUT2D eigenvalue weighted by molar-refractivity contribution is 5.73. The molecule has 0 amide bonds. The topological polar surface area (TPSA) is 67.8 Å². The first-order chi connectivity index (χ1) is 9.15. The maximum absolute atomic E-state index is 11.7. The van der Waals surface area contributed by atoms with Crippen molar-refractivity contribution in [1.29, 1.82) is 0 Å². The Morgan fingerprint density at radius 2 is 2.16 bits per heavy atom. The second-order valence-corrected chi connectivity index (χ2v) is 4.21. The van der Waals surface area contributed by atoms with Crippen LogP contribution >= 0.6 is 0 Å². The molecular formula is C14H21NO4. The molecule has 0 aromatic heterocycles. The number of carbonyl (C=O) groups is 1. The maximum atomic E-state index is 11.7. The number of benzene rings is 1. The van der Waals surface area contributed by atoms with Gasteiger partial charge in [0, 0.05) is 0 Å². The molecule has 5 nitrogen and oxygen atoms in total. The lowest BCUT2D eigenvalue weighted by atomic mass is 9.96. The maximum Gasteiger partial charge on any atom is 0.309 e. The standard InChI is InChI=1S/C14H21NO4/c1-4-11(14(16)19-5-2)8-10-6-7-13(18-3)12(9-10)15-17/h6-7,9,11,15,17H,4-5,8H2,1-3H3. The molecule has 0 aliphatic rings. The molecule has 0 saturated heterocycles. The zero-order chi connectivity index (χ0) is 14.3. The van der Waals surface area contributed by atoms with Gasteiger partial charge in [-0.15, -0.1) is 0 Å². The number of carbonyl (C=O) groups excluding carboxylic acids is 1. The number of rotatable bonds is 7. The molecule has 0 radical (unpaired) electrons. The highest BCUT2D eigenvalue weighted by Gasteiger charge is 2.18. The number of hydrogen-bond donors (Lipinski definition) is 2. The van der Waals surface area contributed by atoms with Gasteiger partial charge in [0.05, 0.1) is 19.6 Å². The number of nitrogens with one attached hydrogen (secondary N) is 1. The van der Waals surface area contributed by atoms with Crippen molar-refractivity contribution < 1.29 is 19.5 Å². The zero-order valence-corrected chi connectivity index (χ0v) is 11.6. The van der Waals surface area contributed by atoms with E-state index in [4.69, 9.17) is 14.7 Å². The van der Waals surface area contributed by atoms with E-state index in [0.29, 0.717) is 30.9 Å². The highest BCUT2D eigenvalue weighted by Crippen LogP contribution is 2.26. The van der Waals surface area contributed by atoms with Gasteiger partial charge in [0.1, 0.15) is 11.4 Å². The average Bonchev–Trinajstić information content (AvgIpc) is 2.44. The van der Waals surface area contributed by atoms with E-state index < -0.39 is 0 Å². The van der Waals surface area contributed by atoms with Crippen LogP contribution in [0.5, 0.6) is 5.75 Å². The Kier molecular flexibility index (Phi) is 6.15. The third kappa shape index (κ3) is 4.13. The van der Waals surface area contributed by atoms with Crippen LogP contribution in [-0.4, -0.2) is 24.9 Å². The fraction of sp³-hybridized carbons (Fsp3) is 0.500. The smallest absolute Gasteiger partial charge is 0.309 e. The number of hydrogen-bond acceptors (Lipinski definition) is 5. The van der Waals surface area contributed by atoms with Crippen LogP contribution in [0, 0.1) is 5.92 Å². The number of ether oxygens (including phenoxy) is 2. The van der Waals surface area contributed by atoms with Crippen molar-refractivity contribution in [3.05, 3.63) is 23.8 Å². The van der Waals surface area contributed by atoms with Gasteiger partial charge >= 0.3 is 5.97 Å². The van der Waals surface area contributed by atoms with Crippen LogP contribution in [-0.2, 0) is 16.0 Å². The predicted octanol–water partition coefficient (Wildman–Crippen LogP) is 2.63. The van der Waals surface area contributed by atoms with E-state index in [9.17, 15) is 4.79 Å². The van der Waals surface area contributed by atoms with Crippen LogP contribution < -0.4 is 10.2 Å². The monoisotopic (exact) mass is 267 g/mol. The summed E-state index contributed by atoms with van der Waals surface area (Å²) in [5, 5.41) is 9.04. The van der Waals surface area contributed by atoms with Gasteiger partial charge in [0.25, 0.3) is 0 Å². The van der Waals surface area contributed by atoms with Crippen LogP contribution in [0.15, 0.2) is 18.2 Å². The molecule has 1 aromatic carbocycles. The molecule has 2 N–H and O–H groups in total. The molecule has 1 aromatic rings. The molecule has 0 aliphatic carbocycles. The van der Waals surface area contributed by atoms with Gasteiger partial charge in [-0.3, -0.25) is 15.5 Å². The third-order valence-electron chi connectivity index (χ3n) is 2.98. The molecule has 106 valence electrons. The van der Waals surface area contributed by atoms with Gasteiger partial charge < -0.3 is 9.47 Å². The minimum atomic E-state index is -0.181. The molecule has 19 heavy (non-hydrogen) atoms. The minimum absolute atomic E-state index is 0.167. The number of methoxy groups -OCH3 is 1. The van der Waals surface area contributed by atoms with Crippen molar-refractivity contribution in [2.45, 2.75) is 26.7 Å². The van der Waals surface area contributed by atoms with Gasteiger partial charge in [-0.2, -0.15) is 0 Å². The van der Waals surface area contributed by atoms with Gasteiger partial charge in [0.2, 0.25) is 0 Å². The summed E-state index contributed by atoms with van der Waals surface area (Å²) in [5.74, 6) is 0.203. The summed E-state index contributed by atoms with van der Waals surface area (Å²) in [7, 11) is 1.53. The Hall–Kier alpha value is -1.75. The van der Waals surface area contributed by atoms with E-state index in [-0.39, 0.29) is 11.9 Å². The van der Waals surface area contributed by atoms with Crippen molar-refractivity contribution >= 4 is 11.7 Å². The lowest BCUT2D eigenvalue weighted by Gasteiger charge is -2.15. The molecule has 5 heteroatoms. The molecule has 1 rings (SSSR count). The van der Waals surface area contributed by atoms with E-state index >= 15 is 0 Å². The first-order valence-electron chi connectivity index (χ1n) is 6.39. The number of esters is 1. The van der Waals surface area contributed by atoms with Gasteiger partial charge in [0.15, 0.2) is 0 Å². The lowest BCUT2D eigenvalue weighted by molar-refractivity contribution is -0.148. The lowest BCUT2D eigenvalue weighted by Crippen LogP contribution is -2.19. The van der Waals surface area contributed by atoms with E-state index in [2.05, 4.69) is 5.48 Å².